The fraction of sp³-hybridized carbons (Fsp3) is 0.300. The number of nitrogens with one attached hydrogen (secondary N) is 2. The van der Waals surface area contributed by atoms with Gasteiger partial charge in [-0.15, -0.1) is 0 Å². The first-order valence-electron chi connectivity index (χ1n) is 7.74. The van der Waals surface area contributed by atoms with Crippen molar-refractivity contribution in [2.24, 2.45) is 0 Å². The summed E-state index contributed by atoms with van der Waals surface area (Å²) in [5, 5.41) is 7.11. The molecule has 0 heterocycles. The minimum absolute atomic E-state index is 1.14. The molecule has 116 valence electrons. The summed E-state index contributed by atoms with van der Waals surface area (Å²) in [7, 11) is 0. The van der Waals surface area contributed by atoms with Crippen LogP contribution < -0.4 is 10.6 Å². The highest BCUT2D eigenvalue weighted by molar-refractivity contribution is 5.63. The van der Waals surface area contributed by atoms with Gasteiger partial charge in [-0.3, -0.25) is 0 Å². The second-order valence-corrected chi connectivity index (χ2v) is 6.03. The van der Waals surface area contributed by atoms with Gasteiger partial charge in [-0.2, -0.15) is 0 Å². The average Bonchev–Trinajstić information content (AvgIpc) is 2.46. The molecular weight excluding hydrogens is 268 g/mol. The third-order valence-electron chi connectivity index (χ3n) is 4.15. The first kappa shape index (κ1) is 16.2. The number of para-hydroxylation sites is 2. The van der Waals surface area contributed by atoms with E-state index in [0.717, 1.165) is 11.4 Å². The van der Waals surface area contributed by atoms with Gasteiger partial charge in [0.1, 0.15) is 0 Å². The van der Waals surface area contributed by atoms with Crippen LogP contribution in [-0.4, -0.2) is 0 Å². The van der Waals surface area contributed by atoms with Gasteiger partial charge in [-0.25, -0.2) is 0 Å². The van der Waals surface area contributed by atoms with Crippen molar-refractivity contribution in [1.29, 1.82) is 0 Å². The summed E-state index contributed by atoms with van der Waals surface area (Å²) in [6.07, 6.45) is 0. The van der Waals surface area contributed by atoms with Gasteiger partial charge in [-0.1, -0.05) is 36.4 Å². The predicted octanol–water partition coefficient (Wildman–Crippen LogP) is 5.70. The molecule has 0 aliphatic heterocycles. The molecule has 0 atom stereocenters. The number of hydrogen-bond acceptors (Lipinski definition) is 2. The van der Waals surface area contributed by atoms with Gasteiger partial charge in [-0.05, 0) is 63.8 Å². The third kappa shape index (κ3) is 3.51. The summed E-state index contributed by atoms with van der Waals surface area (Å²) < 4.78 is 0. The maximum Gasteiger partial charge on any atom is 0.0441 e. The van der Waals surface area contributed by atoms with E-state index in [0.29, 0.717) is 0 Å². The van der Waals surface area contributed by atoms with Gasteiger partial charge >= 0.3 is 0 Å². The molecule has 0 aliphatic rings. The zero-order valence-corrected chi connectivity index (χ0v) is 14.5. The van der Waals surface area contributed by atoms with Crippen LogP contribution in [0.1, 0.15) is 36.1 Å². The van der Waals surface area contributed by atoms with Crippen LogP contribution >= 0.6 is 0 Å². The van der Waals surface area contributed by atoms with Crippen molar-refractivity contribution in [3.8, 4) is 0 Å². The molecule has 0 radical (unpaired) electrons. The molecule has 0 amide bonds. The van der Waals surface area contributed by atoms with Gasteiger partial charge in [0.25, 0.3) is 0 Å². The van der Waals surface area contributed by atoms with Crippen molar-refractivity contribution < 1.29 is 0 Å². The van der Waals surface area contributed by atoms with Crippen LogP contribution in [0.2, 0.25) is 0 Å². The fourth-order valence-electron chi connectivity index (χ4n) is 2.59. The second kappa shape index (κ2) is 6.69. The third-order valence-corrected chi connectivity index (χ3v) is 4.15. The summed E-state index contributed by atoms with van der Waals surface area (Å²) >= 11 is 0. The minimum Gasteiger partial charge on any atom is -0.357 e. The van der Waals surface area contributed by atoms with Crippen molar-refractivity contribution in [3.05, 3.63) is 70.0 Å². The van der Waals surface area contributed by atoms with Gasteiger partial charge in [0.05, 0.1) is 0 Å². The van der Waals surface area contributed by atoms with Crippen LogP contribution in [0, 0.1) is 27.7 Å². The number of rotatable bonds is 4. The Labute approximate surface area is 134 Å². The molecule has 0 saturated carbocycles. The molecule has 2 aromatic carbocycles. The topological polar surface area (TPSA) is 24.1 Å². The molecule has 2 rings (SSSR count). The molecule has 0 spiro atoms. The van der Waals surface area contributed by atoms with E-state index in [9.17, 15) is 0 Å². The smallest absolute Gasteiger partial charge is 0.0441 e. The molecule has 2 N–H and O–H groups in total. The lowest BCUT2D eigenvalue weighted by molar-refractivity contribution is 1.20. The van der Waals surface area contributed by atoms with Crippen LogP contribution in [0.3, 0.4) is 0 Å². The van der Waals surface area contributed by atoms with E-state index in [2.05, 4.69) is 88.6 Å². The number of benzene rings is 2. The molecule has 0 aliphatic carbocycles. The van der Waals surface area contributed by atoms with Gasteiger partial charge in [0.15, 0.2) is 0 Å². The molecule has 2 aromatic rings. The lowest BCUT2D eigenvalue weighted by atomic mass is 10.1. The maximum atomic E-state index is 3.55. The van der Waals surface area contributed by atoms with E-state index in [1.165, 1.54) is 33.6 Å². The molecule has 0 saturated heterocycles. The van der Waals surface area contributed by atoms with E-state index >= 15 is 0 Å². The van der Waals surface area contributed by atoms with Crippen LogP contribution in [0.4, 0.5) is 11.4 Å². The predicted molar refractivity (Wildman–Crippen MR) is 97.5 cm³/mol. The minimum atomic E-state index is 1.14. The molecular formula is C20H26N2. The van der Waals surface area contributed by atoms with Crippen molar-refractivity contribution in [2.45, 2.75) is 41.5 Å². The van der Waals surface area contributed by atoms with E-state index in [1.807, 2.05) is 0 Å². The van der Waals surface area contributed by atoms with Crippen LogP contribution in [0.15, 0.2) is 47.8 Å². The highest BCUT2D eigenvalue weighted by atomic mass is 15.0. The normalized spacial score (nSPS) is 11.9. The summed E-state index contributed by atoms with van der Waals surface area (Å²) in [5.74, 6) is 0. The van der Waals surface area contributed by atoms with Crippen LogP contribution in [0.25, 0.3) is 0 Å². The Balaban J connectivity index is 2.26. The van der Waals surface area contributed by atoms with Gasteiger partial charge in [0, 0.05) is 22.8 Å². The second-order valence-electron chi connectivity index (χ2n) is 6.03. The Bertz CT molecular complexity index is 610. The monoisotopic (exact) mass is 294 g/mol. The van der Waals surface area contributed by atoms with Crippen molar-refractivity contribution in [3.63, 3.8) is 0 Å². The van der Waals surface area contributed by atoms with Crippen molar-refractivity contribution in [2.75, 3.05) is 10.6 Å². The Morgan fingerprint density at radius 1 is 0.591 bits per heavy atom. The zero-order chi connectivity index (χ0) is 16.3. The standard InChI is InChI=1S/C20H26N2/c1-13-9-7-10-14(2)19(13)21-17(5)18(6)22-20-15(3)11-8-12-16(20)4/h7-12,21-22H,1-6H3/b18-17+. The van der Waals surface area contributed by atoms with E-state index in [-0.39, 0.29) is 0 Å². The summed E-state index contributed by atoms with van der Waals surface area (Å²) in [6.45, 7) is 12.8. The van der Waals surface area contributed by atoms with E-state index in [1.54, 1.807) is 0 Å². The summed E-state index contributed by atoms with van der Waals surface area (Å²) in [5.41, 5.74) is 9.72. The highest BCUT2D eigenvalue weighted by Crippen LogP contribution is 2.24. The highest BCUT2D eigenvalue weighted by Gasteiger charge is 2.06. The van der Waals surface area contributed by atoms with Crippen LogP contribution in [-0.2, 0) is 0 Å². The number of allylic oxidation sites excluding steroid dienone is 2. The molecule has 2 nitrogen and oxygen atoms in total. The quantitative estimate of drug-likeness (QED) is 0.756. The van der Waals surface area contributed by atoms with Gasteiger partial charge < -0.3 is 10.6 Å². The van der Waals surface area contributed by atoms with E-state index < -0.39 is 0 Å². The molecule has 0 unspecified atom stereocenters. The fourth-order valence-corrected chi connectivity index (χ4v) is 2.59. The van der Waals surface area contributed by atoms with Crippen LogP contribution in [0.5, 0.6) is 0 Å². The number of aryl methyl sites for hydroxylation is 4. The Morgan fingerprint density at radius 3 is 1.14 bits per heavy atom. The first-order chi connectivity index (χ1) is 10.4. The summed E-state index contributed by atoms with van der Waals surface area (Å²) in [6, 6.07) is 12.7. The first-order valence-corrected chi connectivity index (χ1v) is 7.74. The lowest BCUT2D eigenvalue weighted by Gasteiger charge is -2.18. The SMILES string of the molecule is C/C(Nc1c(C)cccc1C)=C(/C)Nc1c(C)cccc1C. The van der Waals surface area contributed by atoms with E-state index in [4.69, 9.17) is 0 Å². The summed E-state index contributed by atoms with van der Waals surface area (Å²) in [4.78, 5) is 0. The van der Waals surface area contributed by atoms with Gasteiger partial charge in [0.2, 0.25) is 0 Å². The zero-order valence-electron chi connectivity index (χ0n) is 14.5. The number of hydrogen-bond donors (Lipinski definition) is 2. The van der Waals surface area contributed by atoms with Crippen molar-refractivity contribution in [1.82, 2.24) is 0 Å². The molecule has 0 bridgehead atoms. The lowest BCUT2D eigenvalue weighted by Crippen LogP contribution is -2.08. The Hall–Kier alpha value is -2.22. The maximum absolute atomic E-state index is 3.55. The molecule has 0 fully saturated rings. The largest absolute Gasteiger partial charge is 0.357 e. The Morgan fingerprint density at radius 2 is 0.864 bits per heavy atom. The molecule has 0 aromatic heterocycles. The molecule has 22 heavy (non-hydrogen) atoms. The molecule has 2 heteroatoms. The average molecular weight is 294 g/mol. The number of anilines is 2. The Kier molecular flexibility index (Phi) is 4.92. The van der Waals surface area contributed by atoms with Crippen molar-refractivity contribution >= 4 is 11.4 Å².